The number of nitrogens with zero attached hydrogens (tertiary/aromatic N) is 2. The molecule has 32 heavy (non-hydrogen) atoms. The van der Waals surface area contributed by atoms with Gasteiger partial charge < -0.3 is 21.4 Å². The van der Waals surface area contributed by atoms with E-state index in [0.29, 0.717) is 17.9 Å². The highest BCUT2D eigenvalue weighted by molar-refractivity contribution is 6.09. The molecule has 1 aliphatic heterocycles. The summed E-state index contributed by atoms with van der Waals surface area (Å²) in [6.45, 7) is 4.36. The summed E-state index contributed by atoms with van der Waals surface area (Å²) in [5.41, 5.74) is 12.0. The number of carbonyl (C=O) groups is 1. The number of hydrogen-bond donors (Lipinski definition) is 4. The minimum atomic E-state index is -0.456. The molecule has 1 aliphatic rings. The van der Waals surface area contributed by atoms with Crippen molar-refractivity contribution in [3.8, 4) is 11.4 Å². The number of aromatic nitrogens is 3. The van der Waals surface area contributed by atoms with Crippen LogP contribution in [0.3, 0.4) is 0 Å². The van der Waals surface area contributed by atoms with Crippen LogP contribution >= 0.6 is 0 Å². The van der Waals surface area contributed by atoms with E-state index in [-0.39, 0.29) is 0 Å². The lowest BCUT2D eigenvalue weighted by atomic mass is 10.1. The van der Waals surface area contributed by atoms with Crippen LogP contribution in [0.4, 0.5) is 5.82 Å². The van der Waals surface area contributed by atoms with Gasteiger partial charge >= 0.3 is 0 Å². The second-order valence-electron chi connectivity index (χ2n) is 8.16. The van der Waals surface area contributed by atoms with Crippen molar-refractivity contribution in [2.45, 2.75) is 32.9 Å². The minimum Gasteiger partial charge on any atom is -0.366 e. The Morgan fingerprint density at radius 1 is 1.12 bits per heavy atom. The molecular weight excluding hydrogens is 400 g/mol. The van der Waals surface area contributed by atoms with Gasteiger partial charge in [0.05, 0.1) is 16.8 Å². The molecule has 0 atom stereocenters. The highest BCUT2D eigenvalue weighted by atomic mass is 16.1. The molecule has 0 aliphatic carbocycles. The third kappa shape index (κ3) is 3.71. The Kier molecular flexibility index (Phi) is 5.33. The normalized spacial score (nSPS) is 13.5. The molecule has 5 rings (SSSR count). The molecule has 4 aromatic rings. The Bertz CT molecular complexity index is 1300. The van der Waals surface area contributed by atoms with Crippen LogP contribution in [0.15, 0.2) is 48.5 Å². The predicted molar refractivity (Wildman–Crippen MR) is 126 cm³/mol. The first-order valence-electron chi connectivity index (χ1n) is 10.9. The molecule has 1 amide bonds. The van der Waals surface area contributed by atoms with Gasteiger partial charge in [-0.1, -0.05) is 42.5 Å². The van der Waals surface area contributed by atoms with E-state index < -0.39 is 5.91 Å². The van der Waals surface area contributed by atoms with Crippen molar-refractivity contribution < 1.29 is 4.79 Å². The van der Waals surface area contributed by atoms with Gasteiger partial charge in [0.2, 0.25) is 0 Å². The molecule has 0 bridgehead atoms. The van der Waals surface area contributed by atoms with Crippen molar-refractivity contribution in [2.24, 2.45) is 5.73 Å². The summed E-state index contributed by atoms with van der Waals surface area (Å²) in [7, 11) is 0. The van der Waals surface area contributed by atoms with Crippen molar-refractivity contribution in [3.63, 3.8) is 0 Å². The molecule has 3 heterocycles. The number of fused-ring (bicyclic) bond motifs is 2. The van der Waals surface area contributed by atoms with Crippen molar-refractivity contribution in [3.05, 3.63) is 76.6 Å². The number of primary amides is 1. The van der Waals surface area contributed by atoms with E-state index in [1.807, 2.05) is 37.3 Å². The molecule has 5 N–H and O–H groups in total. The highest BCUT2D eigenvalue weighted by Gasteiger charge is 2.21. The van der Waals surface area contributed by atoms with Crippen LogP contribution in [-0.4, -0.2) is 27.4 Å². The van der Waals surface area contributed by atoms with Gasteiger partial charge in [0.25, 0.3) is 5.91 Å². The Morgan fingerprint density at radius 2 is 1.97 bits per heavy atom. The molecule has 0 spiro atoms. The van der Waals surface area contributed by atoms with E-state index >= 15 is 0 Å². The zero-order valence-corrected chi connectivity index (χ0v) is 18.0. The third-order valence-corrected chi connectivity index (χ3v) is 5.97. The SMILES string of the molecule is Cc1[nH]c2c(C(N)=O)cccc2c1-c1nc2c(c(NCc3ccccc3)n1)CNCCC2. The third-order valence-electron chi connectivity index (χ3n) is 5.97. The second-order valence-corrected chi connectivity index (χ2v) is 8.16. The predicted octanol–water partition coefficient (Wildman–Crippen LogP) is 3.68. The average Bonchev–Trinajstić information content (AvgIpc) is 2.96. The Balaban J connectivity index is 1.63. The monoisotopic (exact) mass is 426 g/mol. The van der Waals surface area contributed by atoms with Crippen LogP contribution in [0, 0.1) is 6.92 Å². The molecule has 0 saturated carbocycles. The van der Waals surface area contributed by atoms with Crippen LogP contribution in [-0.2, 0) is 19.5 Å². The lowest BCUT2D eigenvalue weighted by Gasteiger charge is -2.15. The first-order valence-corrected chi connectivity index (χ1v) is 10.9. The Hall–Kier alpha value is -3.71. The number of nitrogens with two attached hydrogens (primary N) is 1. The molecule has 0 unspecified atom stereocenters. The largest absolute Gasteiger partial charge is 0.366 e. The molecule has 7 heteroatoms. The number of carbonyl (C=O) groups excluding carboxylic acids is 1. The number of H-pyrrole nitrogens is 1. The number of anilines is 1. The maximum Gasteiger partial charge on any atom is 0.250 e. The van der Waals surface area contributed by atoms with E-state index in [2.05, 4.69) is 27.8 Å². The van der Waals surface area contributed by atoms with Gasteiger partial charge in [-0.2, -0.15) is 0 Å². The molecule has 2 aromatic heterocycles. The fourth-order valence-electron chi connectivity index (χ4n) is 4.40. The number of aryl methyl sites for hydroxylation is 2. The van der Waals surface area contributed by atoms with Crippen molar-refractivity contribution in [1.82, 2.24) is 20.3 Å². The summed E-state index contributed by atoms with van der Waals surface area (Å²) in [6, 6.07) is 15.9. The lowest BCUT2D eigenvalue weighted by Crippen LogP contribution is -2.15. The van der Waals surface area contributed by atoms with Crippen LogP contribution in [0.25, 0.3) is 22.3 Å². The summed E-state index contributed by atoms with van der Waals surface area (Å²) in [6.07, 6.45) is 1.92. The Morgan fingerprint density at radius 3 is 2.78 bits per heavy atom. The van der Waals surface area contributed by atoms with Crippen LogP contribution < -0.4 is 16.4 Å². The van der Waals surface area contributed by atoms with E-state index in [0.717, 1.165) is 65.2 Å². The van der Waals surface area contributed by atoms with Gasteiger partial charge in [-0.25, -0.2) is 9.97 Å². The van der Waals surface area contributed by atoms with Crippen molar-refractivity contribution in [1.29, 1.82) is 0 Å². The minimum absolute atomic E-state index is 0.456. The zero-order valence-electron chi connectivity index (χ0n) is 18.0. The zero-order chi connectivity index (χ0) is 22.1. The summed E-state index contributed by atoms with van der Waals surface area (Å²) >= 11 is 0. The van der Waals surface area contributed by atoms with Crippen LogP contribution in [0.2, 0.25) is 0 Å². The highest BCUT2D eigenvalue weighted by Crippen LogP contribution is 2.34. The number of benzene rings is 2. The van der Waals surface area contributed by atoms with E-state index in [9.17, 15) is 4.79 Å². The van der Waals surface area contributed by atoms with Crippen molar-refractivity contribution >= 4 is 22.6 Å². The number of rotatable bonds is 5. The van der Waals surface area contributed by atoms with Gasteiger partial charge in [0, 0.05) is 35.3 Å². The molecule has 0 radical (unpaired) electrons. The number of aromatic amines is 1. The van der Waals surface area contributed by atoms with Gasteiger partial charge in [-0.15, -0.1) is 0 Å². The lowest BCUT2D eigenvalue weighted by molar-refractivity contribution is 0.100. The number of hydrogen-bond acceptors (Lipinski definition) is 5. The molecule has 0 fully saturated rings. The molecule has 2 aromatic carbocycles. The summed E-state index contributed by atoms with van der Waals surface area (Å²) < 4.78 is 0. The first-order chi connectivity index (χ1) is 15.6. The summed E-state index contributed by atoms with van der Waals surface area (Å²) in [5, 5.41) is 7.92. The van der Waals surface area contributed by atoms with Crippen molar-refractivity contribution in [2.75, 3.05) is 11.9 Å². The smallest absolute Gasteiger partial charge is 0.250 e. The topological polar surface area (TPSA) is 109 Å². The quantitative estimate of drug-likeness (QED) is 0.389. The van der Waals surface area contributed by atoms with Gasteiger partial charge in [-0.05, 0) is 37.9 Å². The van der Waals surface area contributed by atoms with Crippen LogP contribution in [0.1, 0.15) is 39.3 Å². The van der Waals surface area contributed by atoms with Crippen LogP contribution in [0.5, 0.6) is 0 Å². The van der Waals surface area contributed by atoms with Gasteiger partial charge in [-0.3, -0.25) is 4.79 Å². The average molecular weight is 427 g/mol. The molecular formula is C25H26N6O. The summed E-state index contributed by atoms with van der Waals surface area (Å²) in [5.74, 6) is 1.05. The fourth-order valence-corrected chi connectivity index (χ4v) is 4.40. The maximum atomic E-state index is 11.9. The Labute approximate surface area is 186 Å². The van der Waals surface area contributed by atoms with E-state index in [4.69, 9.17) is 15.7 Å². The molecule has 0 saturated heterocycles. The van der Waals surface area contributed by atoms with E-state index in [1.165, 1.54) is 5.56 Å². The fraction of sp³-hybridized carbons (Fsp3) is 0.240. The second kappa shape index (κ2) is 8.43. The standard InChI is InChI=1S/C25H26N6O/c1-15-21(17-9-5-10-18(23(26)32)22(17)29-15)25-30-20-11-6-12-27-14-19(20)24(31-25)28-13-16-7-3-2-4-8-16/h2-5,7-10,27,29H,6,11-14H2,1H3,(H2,26,32)(H,28,30,31). The maximum absolute atomic E-state index is 11.9. The number of nitrogens with one attached hydrogen (secondary N) is 3. The summed E-state index contributed by atoms with van der Waals surface area (Å²) in [4.78, 5) is 25.2. The number of amides is 1. The molecule has 162 valence electrons. The van der Waals surface area contributed by atoms with E-state index in [1.54, 1.807) is 6.07 Å². The van der Waals surface area contributed by atoms with Gasteiger partial charge in [0.15, 0.2) is 5.82 Å². The van der Waals surface area contributed by atoms with Gasteiger partial charge in [0.1, 0.15) is 5.82 Å². The molecule has 7 nitrogen and oxygen atoms in total. The first kappa shape index (κ1) is 20.2. The number of para-hydroxylation sites is 1.